The third kappa shape index (κ3) is 3.89. The molecule has 1 aromatic carbocycles. The molecule has 1 amide bonds. The lowest BCUT2D eigenvalue weighted by Crippen LogP contribution is -2.55. The van der Waals surface area contributed by atoms with Gasteiger partial charge in [-0.05, 0) is 42.9 Å². The average molecular weight is 325 g/mol. The van der Waals surface area contributed by atoms with Gasteiger partial charge >= 0.3 is 0 Å². The summed E-state index contributed by atoms with van der Waals surface area (Å²) in [4.78, 5) is 20.6. The number of rotatable bonds is 7. The number of hydrogen-bond acceptors (Lipinski definition) is 5. The van der Waals surface area contributed by atoms with Crippen LogP contribution < -0.4 is 16.4 Å². The number of unbranched alkanes of at least 4 members (excludes halogenated alkanes) is 1. The summed E-state index contributed by atoms with van der Waals surface area (Å²) in [5.74, 6) is 0.573. The summed E-state index contributed by atoms with van der Waals surface area (Å²) in [6, 6.07) is 9.87. The number of anilines is 1. The van der Waals surface area contributed by atoms with E-state index in [1.54, 1.807) is 18.5 Å². The van der Waals surface area contributed by atoms with Crippen molar-refractivity contribution >= 4 is 11.9 Å². The molecule has 2 aromatic rings. The van der Waals surface area contributed by atoms with Crippen molar-refractivity contribution in [2.24, 2.45) is 5.73 Å². The van der Waals surface area contributed by atoms with Crippen molar-refractivity contribution in [3.05, 3.63) is 53.9 Å². The Kier molecular flexibility index (Phi) is 5.05. The highest BCUT2D eigenvalue weighted by Gasteiger charge is 2.39. The quantitative estimate of drug-likeness (QED) is 0.667. The fourth-order valence-corrected chi connectivity index (χ4v) is 3.02. The Morgan fingerprint density at radius 3 is 2.33 bits per heavy atom. The van der Waals surface area contributed by atoms with Crippen LogP contribution in [0.15, 0.2) is 42.7 Å². The van der Waals surface area contributed by atoms with E-state index in [0.717, 1.165) is 19.4 Å². The summed E-state index contributed by atoms with van der Waals surface area (Å²) in [5, 5.41) is 6.12. The van der Waals surface area contributed by atoms with Gasteiger partial charge in [-0.2, -0.15) is 0 Å². The highest BCUT2D eigenvalue weighted by molar-refractivity contribution is 5.87. The summed E-state index contributed by atoms with van der Waals surface area (Å²) in [7, 11) is 0. The van der Waals surface area contributed by atoms with Crippen LogP contribution >= 0.6 is 0 Å². The topological polar surface area (TPSA) is 92.9 Å². The van der Waals surface area contributed by atoms with Crippen molar-refractivity contribution in [2.45, 2.75) is 31.2 Å². The van der Waals surface area contributed by atoms with Gasteiger partial charge in [-0.15, -0.1) is 0 Å². The average Bonchev–Trinajstić information content (AvgIpc) is 2.96. The number of aromatic nitrogens is 2. The zero-order valence-corrected chi connectivity index (χ0v) is 13.7. The maximum Gasteiger partial charge on any atom is 0.240 e. The van der Waals surface area contributed by atoms with Crippen molar-refractivity contribution in [3.8, 4) is 0 Å². The van der Waals surface area contributed by atoms with Crippen LogP contribution in [-0.4, -0.2) is 34.5 Å². The zero-order valence-electron chi connectivity index (χ0n) is 13.7. The molecule has 0 radical (unpaired) electrons. The second-order valence-corrected chi connectivity index (χ2v) is 6.24. The minimum Gasteiger partial charge on any atom is -0.354 e. The number of carbonyl (C=O) groups is 1. The van der Waals surface area contributed by atoms with Crippen LogP contribution in [0.2, 0.25) is 0 Å². The molecule has 0 spiro atoms. The van der Waals surface area contributed by atoms with Crippen molar-refractivity contribution in [3.63, 3.8) is 0 Å². The van der Waals surface area contributed by atoms with Gasteiger partial charge in [0.15, 0.2) is 0 Å². The van der Waals surface area contributed by atoms with Crippen LogP contribution in [0, 0.1) is 0 Å². The summed E-state index contributed by atoms with van der Waals surface area (Å²) >= 11 is 0. The molecule has 0 aliphatic heterocycles. The van der Waals surface area contributed by atoms with Crippen LogP contribution in [0.25, 0.3) is 0 Å². The van der Waals surface area contributed by atoms with Gasteiger partial charge in [0.2, 0.25) is 11.9 Å². The molecular weight excluding hydrogens is 302 g/mol. The molecule has 1 heterocycles. The van der Waals surface area contributed by atoms with Gasteiger partial charge in [0, 0.05) is 25.5 Å². The van der Waals surface area contributed by atoms with Crippen LogP contribution in [0.4, 0.5) is 5.95 Å². The first-order chi connectivity index (χ1) is 11.7. The van der Waals surface area contributed by atoms with E-state index in [2.05, 4.69) is 32.7 Å². The van der Waals surface area contributed by atoms with Gasteiger partial charge in [0.05, 0.1) is 0 Å². The first-order valence-corrected chi connectivity index (χ1v) is 8.32. The summed E-state index contributed by atoms with van der Waals surface area (Å²) in [5.41, 5.74) is 7.89. The Hall–Kier alpha value is -2.47. The van der Waals surface area contributed by atoms with Gasteiger partial charge in [-0.25, -0.2) is 9.97 Å². The number of nitrogens with two attached hydrogens (primary N) is 1. The lowest BCUT2D eigenvalue weighted by atomic mass is 9.96. The van der Waals surface area contributed by atoms with E-state index in [4.69, 9.17) is 5.73 Å². The second-order valence-electron chi connectivity index (χ2n) is 6.24. The van der Waals surface area contributed by atoms with Crippen LogP contribution in [-0.2, 0) is 17.6 Å². The van der Waals surface area contributed by atoms with Crippen molar-refractivity contribution in [1.82, 2.24) is 15.3 Å². The maximum atomic E-state index is 12.4. The summed E-state index contributed by atoms with van der Waals surface area (Å²) < 4.78 is 0. The predicted octanol–water partition coefficient (Wildman–Crippen LogP) is 1.28. The van der Waals surface area contributed by atoms with E-state index in [-0.39, 0.29) is 5.91 Å². The molecular formula is C18H23N5O. The Balaban J connectivity index is 1.36. The van der Waals surface area contributed by atoms with Gasteiger partial charge in [0.1, 0.15) is 5.54 Å². The molecule has 0 bridgehead atoms. The van der Waals surface area contributed by atoms with E-state index in [1.807, 2.05) is 12.1 Å². The zero-order chi connectivity index (χ0) is 16.8. The van der Waals surface area contributed by atoms with Crippen LogP contribution in [0.5, 0.6) is 0 Å². The molecule has 1 aliphatic rings. The Bertz CT molecular complexity index is 664. The molecule has 126 valence electrons. The minimum absolute atomic E-state index is 0.0574. The SMILES string of the molecule is NC1(C(=O)NCCCCNc2ncccn2)Cc2ccccc2C1. The molecule has 6 heteroatoms. The Morgan fingerprint density at radius 1 is 1.04 bits per heavy atom. The van der Waals surface area contributed by atoms with Gasteiger partial charge in [-0.1, -0.05) is 24.3 Å². The number of nitrogens with zero attached hydrogens (tertiary/aromatic N) is 2. The van der Waals surface area contributed by atoms with Gasteiger partial charge in [-0.3, -0.25) is 4.79 Å². The largest absolute Gasteiger partial charge is 0.354 e. The lowest BCUT2D eigenvalue weighted by molar-refractivity contribution is -0.126. The molecule has 4 N–H and O–H groups in total. The maximum absolute atomic E-state index is 12.4. The van der Waals surface area contributed by atoms with Crippen LogP contribution in [0.1, 0.15) is 24.0 Å². The lowest BCUT2D eigenvalue weighted by Gasteiger charge is -2.22. The number of nitrogens with one attached hydrogen (secondary N) is 2. The first kappa shape index (κ1) is 16.4. The fourth-order valence-electron chi connectivity index (χ4n) is 3.02. The minimum atomic E-state index is -0.806. The number of hydrogen-bond donors (Lipinski definition) is 3. The number of benzene rings is 1. The number of carbonyl (C=O) groups excluding carboxylic acids is 1. The van der Waals surface area contributed by atoms with E-state index in [9.17, 15) is 4.79 Å². The normalized spacial score (nSPS) is 14.9. The fraction of sp³-hybridized carbons (Fsp3) is 0.389. The first-order valence-electron chi connectivity index (χ1n) is 8.32. The summed E-state index contributed by atoms with van der Waals surface area (Å²) in [6.45, 7) is 1.41. The van der Waals surface area contributed by atoms with E-state index in [0.29, 0.717) is 25.3 Å². The summed E-state index contributed by atoms with van der Waals surface area (Å²) in [6.07, 6.45) is 6.44. The number of fused-ring (bicyclic) bond motifs is 1. The van der Waals surface area contributed by atoms with Crippen LogP contribution in [0.3, 0.4) is 0 Å². The molecule has 0 unspecified atom stereocenters. The molecule has 3 rings (SSSR count). The highest BCUT2D eigenvalue weighted by atomic mass is 16.2. The van der Waals surface area contributed by atoms with Gasteiger partial charge < -0.3 is 16.4 Å². The monoisotopic (exact) mass is 325 g/mol. The second kappa shape index (κ2) is 7.40. The molecule has 24 heavy (non-hydrogen) atoms. The van der Waals surface area contributed by atoms with Crippen molar-refractivity contribution in [1.29, 1.82) is 0 Å². The highest BCUT2D eigenvalue weighted by Crippen LogP contribution is 2.28. The van der Waals surface area contributed by atoms with Crippen molar-refractivity contribution in [2.75, 3.05) is 18.4 Å². The molecule has 0 saturated carbocycles. The van der Waals surface area contributed by atoms with E-state index in [1.165, 1.54) is 11.1 Å². The smallest absolute Gasteiger partial charge is 0.240 e. The number of amides is 1. The molecule has 1 aliphatic carbocycles. The molecule has 1 aromatic heterocycles. The third-order valence-corrected chi connectivity index (χ3v) is 4.32. The van der Waals surface area contributed by atoms with Crippen molar-refractivity contribution < 1.29 is 4.79 Å². The molecule has 6 nitrogen and oxygen atoms in total. The Morgan fingerprint density at radius 2 is 1.67 bits per heavy atom. The molecule has 0 saturated heterocycles. The standard InChI is InChI=1S/C18H23N5O/c19-18(12-14-6-1-2-7-15(14)13-18)16(24)20-8-3-4-9-21-17-22-10-5-11-23-17/h1-2,5-7,10-11H,3-4,8-9,12-13,19H2,(H,20,24)(H,21,22,23). The van der Waals surface area contributed by atoms with E-state index >= 15 is 0 Å². The Labute approximate surface area is 141 Å². The van der Waals surface area contributed by atoms with E-state index < -0.39 is 5.54 Å². The van der Waals surface area contributed by atoms with Gasteiger partial charge in [0.25, 0.3) is 0 Å². The molecule has 0 atom stereocenters. The third-order valence-electron chi connectivity index (χ3n) is 4.32. The predicted molar refractivity (Wildman–Crippen MR) is 93.5 cm³/mol. The molecule has 0 fully saturated rings.